The van der Waals surface area contributed by atoms with Gasteiger partial charge in [0, 0.05) is 31.5 Å². The Bertz CT molecular complexity index is 331. The van der Waals surface area contributed by atoms with E-state index in [9.17, 15) is 4.79 Å². The van der Waals surface area contributed by atoms with Crippen LogP contribution in [0.1, 0.15) is 26.7 Å². The molecular formula is C11H19N3O. The van der Waals surface area contributed by atoms with Crippen molar-refractivity contribution in [1.29, 1.82) is 0 Å². The lowest BCUT2D eigenvalue weighted by Gasteiger charge is -2.14. The van der Waals surface area contributed by atoms with Gasteiger partial charge in [-0.1, -0.05) is 13.8 Å². The average molecular weight is 209 g/mol. The van der Waals surface area contributed by atoms with Gasteiger partial charge >= 0.3 is 5.69 Å². The van der Waals surface area contributed by atoms with Crippen LogP contribution in [0.4, 0.5) is 0 Å². The fraction of sp³-hybridized carbons (Fsp3) is 0.636. The summed E-state index contributed by atoms with van der Waals surface area (Å²) in [6.45, 7) is 5.83. The SMILES string of the molecule is CCC(CC)NCCn1cccnc1=O. The zero-order chi connectivity index (χ0) is 11.1. The first-order valence-electron chi connectivity index (χ1n) is 5.52. The Hall–Kier alpha value is -1.16. The Kier molecular flexibility index (Phi) is 5.04. The molecule has 4 heteroatoms. The van der Waals surface area contributed by atoms with Crippen molar-refractivity contribution in [2.24, 2.45) is 0 Å². The summed E-state index contributed by atoms with van der Waals surface area (Å²) in [7, 11) is 0. The highest BCUT2D eigenvalue weighted by Gasteiger charge is 2.01. The summed E-state index contributed by atoms with van der Waals surface area (Å²) in [5.74, 6) is 0. The molecule has 84 valence electrons. The molecule has 0 aliphatic carbocycles. The normalized spacial score (nSPS) is 10.9. The van der Waals surface area contributed by atoms with Crippen molar-refractivity contribution < 1.29 is 0 Å². The second kappa shape index (κ2) is 6.35. The highest BCUT2D eigenvalue weighted by molar-refractivity contribution is 4.81. The van der Waals surface area contributed by atoms with Crippen LogP contribution in [0.5, 0.6) is 0 Å². The number of nitrogens with zero attached hydrogens (tertiary/aromatic N) is 2. The van der Waals surface area contributed by atoms with E-state index in [0.717, 1.165) is 19.4 Å². The molecule has 0 spiro atoms. The van der Waals surface area contributed by atoms with Crippen molar-refractivity contribution in [3.8, 4) is 0 Å². The Labute approximate surface area is 90.3 Å². The van der Waals surface area contributed by atoms with Crippen molar-refractivity contribution in [3.05, 3.63) is 28.9 Å². The summed E-state index contributed by atoms with van der Waals surface area (Å²) in [5, 5.41) is 3.41. The van der Waals surface area contributed by atoms with Gasteiger partial charge in [-0.2, -0.15) is 0 Å². The molecule has 1 N–H and O–H groups in total. The van der Waals surface area contributed by atoms with Crippen LogP contribution in [-0.2, 0) is 6.54 Å². The minimum absolute atomic E-state index is 0.177. The number of aromatic nitrogens is 2. The molecule has 0 radical (unpaired) electrons. The van der Waals surface area contributed by atoms with E-state index in [-0.39, 0.29) is 5.69 Å². The van der Waals surface area contributed by atoms with Crippen LogP contribution in [0.15, 0.2) is 23.3 Å². The largest absolute Gasteiger partial charge is 0.347 e. The number of rotatable bonds is 6. The molecule has 0 fully saturated rings. The van der Waals surface area contributed by atoms with Gasteiger partial charge in [0.1, 0.15) is 0 Å². The highest BCUT2D eigenvalue weighted by Crippen LogP contribution is 1.94. The van der Waals surface area contributed by atoms with Crippen LogP contribution in [0.2, 0.25) is 0 Å². The lowest BCUT2D eigenvalue weighted by molar-refractivity contribution is 0.461. The van der Waals surface area contributed by atoms with Crippen LogP contribution in [0, 0.1) is 0 Å². The molecule has 0 aliphatic heterocycles. The maximum absolute atomic E-state index is 11.3. The standard InChI is InChI=1S/C11H19N3O/c1-3-10(4-2)12-7-9-14-8-5-6-13-11(14)15/h5-6,8,10,12H,3-4,7,9H2,1-2H3. The van der Waals surface area contributed by atoms with Gasteiger partial charge in [0.15, 0.2) is 0 Å². The monoisotopic (exact) mass is 209 g/mol. The Morgan fingerprint density at radius 1 is 1.47 bits per heavy atom. The van der Waals surface area contributed by atoms with Crippen molar-refractivity contribution >= 4 is 0 Å². The van der Waals surface area contributed by atoms with Crippen LogP contribution in [0.25, 0.3) is 0 Å². The van der Waals surface area contributed by atoms with Gasteiger partial charge in [-0.3, -0.25) is 4.57 Å². The second-order valence-corrected chi connectivity index (χ2v) is 3.56. The zero-order valence-corrected chi connectivity index (χ0v) is 9.44. The van der Waals surface area contributed by atoms with Crippen molar-refractivity contribution in [2.45, 2.75) is 39.3 Å². The fourth-order valence-electron chi connectivity index (χ4n) is 1.52. The molecule has 0 unspecified atom stereocenters. The maximum atomic E-state index is 11.3. The summed E-state index contributed by atoms with van der Waals surface area (Å²) in [6.07, 6.45) is 5.54. The van der Waals surface area contributed by atoms with E-state index in [2.05, 4.69) is 24.1 Å². The van der Waals surface area contributed by atoms with E-state index in [1.54, 1.807) is 16.8 Å². The minimum atomic E-state index is -0.177. The number of hydrogen-bond acceptors (Lipinski definition) is 3. The van der Waals surface area contributed by atoms with Crippen molar-refractivity contribution in [3.63, 3.8) is 0 Å². The first kappa shape index (κ1) is 11.9. The van der Waals surface area contributed by atoms with Gasteiger partial charge in [-0.25, -0.2) is 9.78 Å². The lowest BCUT2D eigenvalue weighted by Crippen LogP contribution is -2.33. The number of nitrogens with one attached hydrogen (secondary N) is 1. The lowest BCUT2D eigenvalue weighted by atomic mass is 10.2. The first-order valence-corrected chi connectivity index (χ1v) is 5.52. The van der Waals surface area contributed by atoms with E-state index >= 15 is 0 Å². The van der Waals surface area contributed by atoms with Gasteiger partial charge in [0.05, 0.1) is 0 Å². The minimum Gasteiger partial charge on any atom is -0.312 e. The van der Waals surface area contributed by atoms with Crippen LogP contribution in [0.3, 0.4) is 0 Å². The summed E-state index contributed by atoms with van der Waals surface area (Å²) in [4.78, 5) is 15.0. The zero-order valence-electron chi connectivity index (χ0n) is 9.44. The molecule has 4 nitrogen and oxygen atoms in total. The molecule has 0 saturated carbocycles. The van der Waals surface area contributed by atoms with E-state index in [4.69, 9.17) is 0 Å². The van der Waals surface area contributed by atoms with Gasteiger partial charge in [0.2, 0.25) is 0 Å². The van der Waals surface area contributed by atoms with Crippen LogP contribution < -0.4 is 11.0 Å². The Balaban J connectivity index is 2.38. The molecule has 1 rings (SSSR count). The summed E-state index contributed by atoms with van der Waals surface area (Å²) < 4.78 is 1.62. The van der Waals surface area contributed by atoms with Crippen LogP contribution >= 0.6 is 0 Å². The molecule has 1 aromatic heterocycles. The molecule has 15 heavy (non-hydrogen) atoms. The van der Waals surface area contributed by atoms with Crippen molar-refractivity contribution in [2.75, 3.05) is 6.54 Å². The molecule has 0 bridgehead atoms. The molecule has 0 saturated heterocycles. The topological polar surface area (TPSA) is 46.9 Å². The van der Waals surface area contributed by atoms with Gasteiger partial charge in [-0.05, 0) is 18.9 Å². The third kappa shape index (κ3) is 3.83. The molecule has 0 aliphatic rings. The molecule has 1 heterocycles. The van der Waals surface area contributed by atoms with Gasteiger partial charge in [0.25, 0.3) is 0 Å². The highest BCUT2D eigenvalue weighted by atomic mass is 16.1. The molecule has 0 atom stereocenters. The molecule has 0 amide bonds. The molecule has 0 aromatic carbocycles. The van der Waals surface area contributed by atoms with E-state index in [1.165, 1.54) is 6.20 Å². The summed E-state index contributed by atoms with van der Waals surface area (Å²) >= 11 is 0. The maximum Gasteiger partial charge on any atom is 0.347 e. The fourth-order valence-corrected chi connectivity index (χ4v) is 1.52. The van der Waals surface area contributed by atoms with Crippen LogP contribution in [-0.4, -0.2) is 22.1 Å². The average Bonchev–Trinajstić information content (AvgIpc) is 2.27. The third-order valence-electron chi connectivity index (χ3n) is 2.55. The summed E-state index contributed by atoms with van der Waals surface area (Å²) in [6, 6.07) is 2.33. The Morgan fingerprint density at radius 2 is 2.20 bits per heavy atom. The smallest absolute Gasteiger partial charge is 0.312 e. The molecule has 1 aromatic rings. The predicted octanol–water partition coefficient (Wildman–Crippen LogP) is 1.02. The van der Waals surface area contributed by atoms with Gasteiger partial charge < -0.3 is 5.32 Å². The third-order valence-corrected chi connectivity index (χ3v) is 2.55. The van der Waals surface area contributed by atoms with E-state index in [0.29, 0.717) is 12.6 Å². The van der Waals surface area contributed by atoms with Crippen molar-refractivity contribution in [1.82, 2.24) is 14.9 Å². The quantitative estimate of drug-likeness (QED) is 0.761. The van der Waals surface area contributed by atoms with Gasteiger partial charge in [-0.15, -0.1) is 0 Å². The number of hydrogen-bond donors (Lipinski definition) is 1. The second-order valence-electron chi connectivity index (χ2n) is 3.56. The van der Waals surface area contributed by atoms with E-state index < -0.39 is 0 Å². The molecular weight excluding hydrogens is 190 g/mol. The van der Waals surface area contributed by atoms with E-state index in [1.807, 2.05) is 0 Å². The predicted molar refractivity (Wildman–Crippen MR) is 60.9 cm³/mol. The first-order chi connectivity index (χ1) is 7.27. The Morgan fingerprint density at radius 3 is 2.80 bits per heavy atom. The summed E-state index contributed by atoms with van der Waals surface area (Å²) in [5.41, 5.74) is -0.177.